The number of nitrogens with one attached hydrogen (secondary N) is 1. The summed E-state index contributed by atoms with van der Waals surface area (Å²) in [5.74, 6) is 2.17. The maximum atomic E-state index is 6.10. The van der Waals surface area contributed by atoms with Gasteiger partial charge in [0.05, 0.1) is 16.6 Å². The Morgan fingerprint density at radius 1 is 1.29 bits per heavy atom. The van der Waals surface area contributed by atoms with Gasteiger partial charge in [-0.2, -0.15) is 0 Å². The van der Waals surface area contributed by atoms with Gasteiger partial charge in [0.15, 0.2) is 11.5 Å². The first-order valence-corrected chi connectivity index (χ1v) is 7.50. The van der Waals surface area contributed by atoms with Crippen molar-refractivity contribution in [2.45, 2.75) is 6.54 Å². The zero-order valence-electron chi connectivity index (χ0n) is 11.3. The Morgan fingerprint density at radius 3 is 2.90 bits per heavy atom. The van der Waals surface area contributed by atoms with Crippen LogP contribution in [0.2, 0.25) is 5.02 Å². The second kappa shape index (κ2) is 6.03. The van der Waals surface area contributed by atoms with Crippen molar-refractivity contribution >= 4 is 33.2 Å². The number of ether oxygens (including phenoxy) is 3. The van der Waals surface area contributed by atoms with Crippen molar-refractivity contribution in [2.75, 3.05) is 19.2 Å². The molecule has 0 saturated heterocycles. The molecule has 1 aliphatic rings. The molecule has 0 radical (unpaired) electrons. The van der Waals surface area contributed by atoms with Crippen LogP contribution in [0, 0.1) is 0 Å². The summed E-state index contributed by atoms with van der Waals surface area (Å²) in [7, 11) is 1.60. The minimum Gasteiger partial charge on any atom is -0.495 e. The van der Waals surface area contributed by atoms with Crippen molar-refractivity contribution in [1.82, 2.24) is 0 Å². The standard InChI is InChI=1S/C15H13BrClNO3/c1-19-13-3-2-10(6-12(13)17)18-7-9-4-11(16)15-14(5-9)20-8-21-15/h2-6,18H,7-8H2,1H3. The number of hydrogen-bond acceptors (Lipinski definition) is 4. The highest BCUT2D eigenvalue weighted by molar-refractivity contribution is 9.10. The average Bonchev–Trinajstić information content (AvgIpc) is 2.94. The Morgan fingerprint density at radius 2 is 2.14 bits per heavy atom. The van der Waals surface area contributed by atoms with Crippen LogP contribution in [0.1, 0.15) is 5.56 Å². The molecule has 6 heteroatoms. The Bertz CT molecular complexity index is 678. The summed E-state index contributed by atoms with van der Waals surface area (Å²) in [4.78, 5) is 0. The highest BCUT2D eigenvalue weighted by Gasteiger charge is 2.17. The van der Waals surface area contributed by atoms with Crippen molar-refractivity contribution < 1.29 is 14.2 Å². The van der Waals surface area contributed by atoms with Crippen LogP contribution in [0.4, 0.5) is 5.69 Å². The lowest BCUT2D eigenvalue weighted by Crippen LogP contribution is -2.00. The van der Waals surface area contributed by atoms with E-state index in [1.807, 2.05) is 30.3 Å². The average molecular weight is 371 g/mol. The van der Waals surface area contributed by atoms with E-state index >= 15 is 0 Å². The van der Waals surface area contributed by atoms with Crippen LogP contribution in [-0.2, 0) is 6.54 Å². The molecule has 0 unspecified atom stereocenters. The molecule has 1 aliphatic heterocycles. The van der Waals surface area contributed by atoms with Gasteiger partial charge < -0.3 is 19.5 Å². The van der Waals surface area contributed by atoms with Gasteiger partial charge in [0.25, 0.3) is 0 Å². The molecule has 1 N–H and O–H groups in total. The summed E-state index contributed by atoms with van der Waals surface area (Å²) < 4.78 is 16.8. The molecule has 0 aliphatic carbocycles. The fourth-order valence-electron chi connectivity index (χ4n) is 2.10. The van der Waals surface area contributed by atoms with Crippen LogP contribution >= 0.6 is 27.5 Å². The SMILES string of the molecule is COc1ccc(NCc2cc(Br)c3c(c2)OCO3)cc1Cl. The Hall–Kier alpha value is -1.59. The number of halogens is 2. The van der Waals surface area contributed by atoms with Gasteiger partial charge >= 0.3 is 0 Å². The number of rotatable bonds is 4. The van der Waals surface area contributed by atoms with E-state index in [1.54, 1.807) is 7.11 Å². The van der Waals surface area contributed by atoms with E-state index in [0.29, 0.717) is 17.3 Å². The maximum Gasteiger partial charge on any atom is 0.231 e. The smallest absolute Gasteiger partial charge is 0.231 e. The zero-order valence-corrected chi connectivity index (χ0v) is 13.6. The highest BCUT2D eigenvalue weighted by Crippen LogP contribution is 2.40. The molecule has 4 nitrogen and oxygen atoms in total. The predicted octanol–water partition coefficient (Wildman–Crippen LogP) is 4.45. The molecular weight excluding hydrogens is 358 g/mol. The van der Waals surface area contributed by atoms with Crippen molar-refractivity contribution in [2.24, 2.45) is 0 Å². The first-order valence-electron chi connectivity index (χ1n) is 6.33. The van der Waals surface area contributed by atoms with Gasteiger partial charge in [-0.1, -0.05) is 11.6 Å². The molecule has 21 heavy (non-hydrogen) atoms. The van der Waals surface area contributed by atoms with Crippen molar-refractivity contribution in [1.29, 1.82) is 0 Å². The largest absolute Gasteiger partial charge is 0.495 e. The number of hydrogen-bond donors (Lipinski definition) is 1. The van der Waals surface area contributed by atoms with Crippen molar-refractivity contribution in [3.63, 3.8) is 0 Å². The molecule has 0 spiro atoms. The van der Waals surface area contributed by atoms with E-state index in [2.05, 4.69) is 21.2 Å². The van der Waals surface area contributed by atoms with E-state index < -0.39 is 0 Å². The van der Waals surface area contributed by atoms with Crippen molar-refractivity contribution in [3.8, 4) is 17.2 Å². The monoisotopic (exact) mass is 369 g/mol. The first-order chi connectivity index (χ1) is 10.2. The number of methoxy groups -OCH3 is 1. The third kappa shape index (κ3) is 3.04. The molecular formula is C15H13BrClNO3. The van der Waals surface area contributed by atoms with E-state index in [0.717, 1.165) is 27.2 Å². The van der Waals surface area contributed by atoms with Crippen molar-refractivity contribution in [3.05, 3.63) is 45.4 Å². The molecule has 0 bridgehead atoms. The summed E-state index contributed by atoms with van der Waals surface area (Å²) in [6.45, 7) is 0.913. The van der Waals surface area contributed by atoms with E-state index in [4.69, 9.17) is 25.8 Å². The third-order valence-corrected chi connectivity index (χ3v) is 4.02. The fourth-order valence-corrected chi connectivity index (χ4v) is 2.96. The zero-order chi connectivity index (χ0) is 14.8. The molecule has 2 aromatic rings. The van der Waals surface area contributed by atoms with Gasteiger partial charge in [0.2, 0.25) is 6.79 Å². The topological polar surface area (TPSA) is 39.7 Å². The van der Waals surface area contributed by atoms with Gasteiger partial charge in [0, 0.05) is 12.2 Å². The second-order valence-corrected chi connectivity index (χ2v) is 5.78. The number of fused-ring (bicyclic) bond motifs is 1. The summed E-state index contributed by atoms with van der Waals surface area (Å²) in [5.41, 5.74) is 2.01. The normalized spacial score (nSPS) is 12.3. The molecule has 2 aromatic carbocycles. The molecule has 0 fully saturated rings. The molecule has 0 amide bonds. The number of anilines is 1. The minimum atomic E-state index is 0.263. The van der Waals surface area contributed by atoms with Crippen LogP contribution in [0.3, 0.4) is 0 Å². The van der Waals surface area contributed by atoms with Gasteiger partial charge in [-0.15, -0.1) is 0 Å². The van der Waals surface area contributed by atoms with Crippen LogP contribution < -0.4 is 19.5 Å². The maximum absolute atomic E-state index is 6.10. The van der Waals surface area contributed by atoms with E-state index in [1.165, 1.54) is 0 Å². The number of benzene rings is 2. The van der Waals surface area contributed by atoms with Crippen LogP contribution in [0.5, 0.6) is 17.2 Å². The molecule has 110 valence electrons. The molecule has 0 aromatic heterocycles. The lowest BCUT2D eigenvalue weighted by atomic mass is 10.2. The highest BCUT2D eigenvalue weighted by atomic mass is 79.9. The summed E-state index contributed by atoms with van der Waals surface area (Å²) in [5, 5.41) is 3.89. The quantitative estimate of drug-likeness (QED) is 0.863. The van der Waals surface area contributed by atoms with Crippen LogP contribution in [0.15, 0.2) is 34.8 Å². The molecule has 1 heterocycles. The minimum absolute atomic E-state index is 0.263. The summed E-state index contributed by atoms with van der Waals surface area (Å²) in [6.07, 6.45) is 0. The van der Waals surface area contributed by atoms with E-state index in [9.17, 15) is 0 Å². The summed E-state index contributed by atoms with van der Waals surface area (Å²) in [6, 6.07) is 9.56. The lowest BCUT2D eigenvalue weighted by molar-refractivity contribution is 0.173. The molecule has 0 saturated carbocycles. The van der Waals surface area contributed by atoms with Gasteiger partial charge in [-0.05, 0) is 51.8 Å². The van der Waals surface area contributed by atoms with Crippen LogP contribution in [-0.4, -0.2) is 13.9 Å². The summed E-state index contributed by atoms with van der Waals surface area (Å²) >= 11 is 9.59. The lowest BCUT2D eigenvalue weighted by Gasteiger charge is -2.10. The van der Waals surface area contributed by atoms with Gasteiger partial charge in [-0.25, -0.2) is 0 Å². The van der Waals surface area contributed by atoms with Gasteiger partial charge in [0.1, 0.15) is 5.75 Å². The van der Waals surface area contributed by atoms with E-state index in [-0.39, 0.29) is 6.79 Å². The Kier molecular flexibility index (Phi) is 4.12. The third-order valence-electron chi connectivity index (χ3n) is 3.14. The molecule has 3 rings (SSSR count). The van der Waals surface area contributed by atoms with Gasteiger partial charge in [-0.3, -0.25) is 0 Å². The Balaban J connectivity index is 1.73. The second-order valence-electron chi connectivity index (χ2n) is 4.51. The van der Waals surface area contributed by atoms with Crippen LogP contribution in [0.25, 0.3) is 0 Å². The predicted molar refractivity (Wildman–Crippen MR) is 85.6 cm³/mol. The Labute approximate surface area is 136 Å². The molecule has 0 atom stereocenters. The first kappa shape index (κ1) is 14.4. The fraction of sp³-hybridized carbons (Fsp3) is 0.200.